The summed E-state index contributed by atoms with van der Waals surface area (Å²) in [5, 5.41) is 4.92. The number of hydrogen-bond acceptors (Lipinski definition) is 4. The van der Waals surface area contributed by atoms with Crippen LogP contribution in [-0.2, 0) is 0 Å². The molecule has 0 amide bonds. The predicted molar refractivity (Wildman–Crippen MR) is 85.7 cm³/mol. The van der Waals surface area contributed by atoms with Crippen LogP contribution >= 0.6 is 11.8 Å². The molecule has 0 radical (unpaired) electrons. The Kier molecular flexibility index (Phi) is 4.60. The molecule has 0 aliphatic rings. The minimum atomic E-state index is 0.149. The number of thioether (sulfide) groups is 1. The summed E-state index contributed by atoms with van der Waals surface area (Å²) in [4.78, 5) is 7.94. The lowest BCUT2D eigenvalue weighted by atomic mass is 10.1. The van der Waals surface area contributed by atoms with Gasteiger partial charge in [0.2, 0.25) is 0 Å². The maximum absolute atomic E-state index is 5.22. The van der Waals surface area contributed by atoms with Crippen LogP contribution in [0.1, 0.15) is 27.7 Å². The first-order valence-electron chi connectivity index (χ1n) is 6.83. The van der Waals surface area contributed by atoms with Gasteiger partial charge in [0.15, 0.2) is 5.16 Å². The lowest BCUT2D eigenvalue weighted by molar-refractivity contribution is 0.415. The molecule has 1 aromatic heterocycles. The van der Waals surface area contributed by atoms with Crippen molar-refractivity contribution in [1.29, 1.82) is 0 Å². The van der Waals surface area contributed by atoms with Crippen molar-refractivity contribution in [3.05, 3.63) is 18.2 Å². The Morgan fingerprint density at radius 3 is 2.80 bits per heavy atom. The molecule has 4 nitrogen and oxygen atoms in total. The van der Waals surface area contributed by atoms with Gasteiger partial charge in [-0.1, -0.05) is 18.7 Å². The van der Waals surface area contributed by atoms with Crippen LogP contribution in [0.5, 0.6) is 5.75 Å². The third-order valence-electron chi connectivity index (χ3n) is 2.90. The molecule has 1 heterocycles. The molecule has 0 aliphatic carbocycles. The van der Waals surface area contributed by atoms with Crippen molar-refractivity contribution in [3.63, 3.8) is 0 Å². The molecule has 1 unspecified atom stereocenters. The predicted octanol–water partition coefficient (Wildman–Crippen LogP) is 3.44. The van der Waals surface area contributed by atoms with E-state index in [0.29, 0.717) is 5.25 Å². The molecule has 0 saturated carbocycles. The third kappa shape index (κ3) is 4.15. The van der Waals surface area contributed by atoms with Crippen molar-refractivity contribution in [2.45, 2.75) is 43.6 Å². The Morgan fingerprint density at radius 1 is 1.40 bits per heavy atom. The second kappa shape index (κ2) is 6.06. The van der Waals surface area contributed by atoms with Gasteiger partial charge in [-0.3, -0.25) is 0 Å². The van der Waals surface area contributed by atoms with E-state index in [1.54, 1.807) is 18.9 Å². The summed E-state index contributed by atoms with van der Waals surface area (Å²) < 4.78 is 5.22. The SMILES string of the molecule is COc1ccc2nc(SC(C)CNC(C)(C)C)[nH]c2c1. The number of rotatable bonds is 5. The average molecular weight is 293 g/mol. The zero-order valence-electron chi connectivity index (χ0n) is 12.8. The lowest BCUT2D eigenvalue weighted by Crippen LogP contribution is -2.39. The van der Waals surface area contributed by atoms with Gasteiger partial charge in [-0.25, -0.2) is 4.98 Å². The highest BCUT2D eigenvalue weighted by Crippen LogP contribution is 2.25. The highest BCUT2D eigenvalue weighted by atomic mass is 32.2. The Bertz CT molecular complexity index is 574. The first kappa shape index (κ1) is 15.2. The van der Waals surface area contributed by atoms with E-state index >= 15 is 0 Å². The summed E-state index contributed by atoms with van der Waals surface area (Å²) in [5.74, 6) is 0.847. The largest absolute Gasteiger partial charge is 0.497 e. The topological polar surface area (TPSA) is 49.9 Å². The monoisotopic (exact) mass is 293 g/mol. The molecule has 2 N–H and O–H groups in total. The average Bonchev–Trinajstić information content (AvgIpc) is 2.76. The van der Waals surface area contributed by atoms with E-state index in [4.69, 9.17) is 4.74 Å². The number of nitrogens with one attached hydrogen (secondary N) is 2. The zero-order valence-corrected chi connectivity index (χ0v) is 13.6. The summed E-state index contributed by atoms with van der Waals surface area (Å²) in [5.41, 5.74) is 2.14. The van der Waals surface area contributed by atoms with Gasteiger partial charge in [-0.05, 0) is 32.9 Å². The molecule has 0 bridgehead atoms. The van der Waals surface area contributed by atoms with Crippen LogP contribution in [0, 0.1) is 0 Å². The second-order valence-corrected chi connectivity index (χ2v) is 7.41. The maximum Gasteiger partial charge on any atom is 0.166 e. The van der Waals surface area contributed by atoms with Gasteiger partial charge in [-0.15, -0.1) is 0 Å². The summed E-state index contributed by atoms with van der Waals surface area (Å²) in [7, 11) is 1.67. The number of ether oxygens (including phenoxy) is 1. The molecule has 0 saturated heterocycles. The van der Waals surface area contributed by atoms with Crippen LogP contribution in [0.2, 0.25) is 0 Å². The van der Waals surface area contributed by atoms with E-state index in [9.17, 15) is 0 Å². The molecule has 1 atom stereocenters. The Hall–Kier alpha value is -1.20. The van der Waals surface area contributed by atoms with Gasteiger partial charge in [0, 0.05) is 23.4 Å². The highest BCUT2D eigenvalue weighted by Gasteiger charge is 2.13. The maximum atomic E-state index is 5.22. The number of fused-ring (bicyclic) bond motifs is 1. The lowest BCUT2D eigenvalue weighted by Gasteiger charge is -2.22. The molecule has 2 rings (SSSR count). The number of nitrogens with zero attached hydrogens (tertiary/aromatic N) is 1. The number of aromatic amines is 1. The van der Waals surface area contributed by atoms with Gasteiger partial charge in [-0.2, -0.15) is 0 Å². The number of hydrogen-bond donors (Lipinski definition) is 2. The Balaban J connectivity index is 2.02. The minimum Gasteiger partial charge on any atom is -0.497 e. The van der Waals surface area contributed by atoms with Crippen molar-refractivity contribution in [2.24, 2.45) is 0 Å². The van der Waals surface area contributed by atoms with Crippen LogP contribution in [-0.4, -0.2) is 34.4 Å². The number of methoxy groups -OCH3 is 1. The molecule has 0 fully saturated rings. The van der Waals surface area contributed by atoms with Crippen molar-refractivity contribution < 1.29 is 4.74 Å². The fourth-order valence-corrected chi connectivity index (χ4v) is 2.70. The van der Waals surface area contributed by atoms with Crippen molar-refractivity contribution in [2.75, 3.05) is 13.7 Å². The van der Waals surface area contributed by atoms with E-state index < -0.39 is 0 Å². The standard InChI is InChI=1S/C15H23N3OS/c1-10(9-16-15(2,3)4)20-14-17-12-7-6-11(19-5)8-13(12)18-14/h6-8,10,16H,9H2,1-5H3,(H,17,18). The van der Waals surface area contributed by atoms with Gasteiger partial charge < -0.3 is 15.0 Å². The van der Waals surface area contributed by atoms with Crippen molar-refractivity contribution in [3.8, 4) is 5.75 Å². The Morgan fingerprint density at radius 2 is 2.15 bits per heavy atom. The zero-order chi connectivity index (χ0) is 14.8. The highest BCUT2D eigenvalue weighted by molar-refractivity contribution is 7.99. The second-order valence-electron chi connectivity index (χ2n) is 5.98. The summed E-state index contributed by atoms with van der Waals surface area (Å²) in [6, 6.07) is 5.89. The van der Waals surface area contributed by atoms with Gasteiger partial charge in [0.25, 0.3) is 0 Å². The molecule has 2 aromatic rings. The number of aromatic nitrogens is 2. The molecule has 5 heteroatoms. The van der Waals surface area contributed by atoms with E-state index in [-0.39, 0.29) is 5.54 Å². The molecular weight excluding hydrogens is 270 g/mol. The van der Waals surface area contributed by atoms with Crippen LogP contribution in [0.4, 0.5) is 0 Å². The van der Waals surface area contributed by atoms with Gasteiger partial charge in [0.1, 0.15) is 5.75 Å². The molecule has 0 spiro atoms. The minimum absolute atomic E-state index is 0.149. The summed E-state index contributed by atoms with van der Waals surface area (Å²) in [6.07, 6.45) is 0. The smallest absolute Gasteiger partial charge is 0.166 e. The van der Waals surface area contributed by atoms with Crippen LogP contribution < -0.4 is 10.1 Å². The summed E-state index contributed by atoms with van der Waals surface area (Å²) in [6.45, 7) is 9.69. The number of imidazole rings is 1. The first-order chi connectivity index (χ1) is 9.37. The fourth-order valence-electron chi connectivity index (χ4n) is 1.83. The molecule has 20 heavy (non-hydrogen) atoms. The van der Waals surface area contributed by atoms with Crippen molar-refractivity contribution in [1.82, 2.24) is 15.3 Å². The number of H-pyrrole nitrogens is 1. The first-order valence-corrected chi connectivity index (χ1v) is 7.71. The molecule has 0 aliphatic heterocycles. The Labute approximate surface area is 124 Å². The number of benzene rings is 1. The van der Waals surface area contributed by atoms with Gasteiger partial charge in [0.05, 0.1) is 18.1 Å². The molecule has 110 valence electrons. The molecule has 1 aromatic carbocycles. The van der Waals surface area contributed by atoms with Crippen LogP contribution in [0.15, 0.2) is 23.4 Å². The van der Waals surface area contributed by atoms with E-state index in [2.05, 4.69) is 43.0 Å². The quantitative estimate of drug-likeness (QED) is 0.829. The van der Waals surface area contributed by atoms with E-state index in [0.717, 1.165) is 28.5 Å². The van der Waals surface area contributed by atoms with Crippen molar-refractivity contribution >= 4 is 22.8 Å². The fraction of sp³-hybridized carbons (Fsp3) is 0.533. The van der Waals surface area contributed by atoms with Crippen LogP contribution in [0.25, 0.3) is 11.0 Å². The van der Waals surface area contributed by atoms with Gasteiger partial charge >= 0.3 is 0 Å². The third-order valence-corrected chi connectivity index (χ3v) is 3.89. The van der Waals surface area contributed by atoms with E-state index in [1.807, 2.05) is 18.2 Å². The van der Waals surface area contributed by atoms with E-state index in [1.165, 1.54) is 0 Å². The molecular formula is C15H23N3OS. The van der Waals surface area contributed by atoms with Crippen LogP contribution in [0.3, 0.4) is 0 Å². The normalized spacial score (nSPS) is 13.7. The summed E-state index contributed by atoms with van der Waals surface area (Å²) >= 11 is 1.75.